The molecule has 3 aromatic rings. The van der Waals surface area contributed by atoms with Crippen LogP contribution in [0.3, 0.4) is 0 Å². The van der Waals surface area contributed by atoms with Crippen molar-refractivity contribution in [1.29, 1.82) is 0 Å². The molecule has 190 valence electrons. The molecule has 8 nitrogen and oxygen atoms in total. The number of sulfonamides is 1. The molecule has 4 rings (SSSR count). The quantitative estimate of drug-likeness (QED) is 0.521. The summed E-state index contributed by atoms with van der Waals surface area (Å²) in [6.07, 6.45) is 1.21. The molecule has 1 N–H and O–H groups in total. The number of carbonyl (C=O) groups excluding carboxylic acids is 1. The maximum atomic E-state index is 13.8. The van der Waals surface area contributed by atoms with Gasteiger partial charge >= 0.3 is 0 Å². The third-order valence-corrected chi connectivity index (χ3v) is 8.05. The fourth-order valence-electron chi connectivity index (χ4n) is 4.43. The molecule has 10 heteroatoms. The third-order valence-electron chi connectivity index (χ3n) is 6.14. The largest absolute Gasteiger partial charge is 0.354 e. The Morgan fingerprint density at radius 2 is 1.75 bits per heavy atom. The predicted octanol–water partition coefficient (Wildman–Crippen LogP) is 3.55. The fraction of sp³-hybridized carbons (Fsp3) is 0.346. The van der Waals surface area contributed by atoms with Crippen LogP contribution in [0, 0.1) is 12.7 Å². The van der Waals surface area contributed by atoms with Crippen molar-refractivity contribution in [2.24, 2.45) is 0 Å². The Morgan fingerprint density at radius 1 is 1.06 bits per heavy atom. The number of amides is 1. The Labute approximate surface area is 211 Å². The number of nitrogens with zero attached hydrogens (tertiary/aromatic N) is 4. The van der Waals surface area contributed by atoms with Crippen LogP contribution in [0.2, 0.25) is 0 Å². The molecule has 1 saturated heterocycles. The standard InChI is InChI=1S/C26H30FN5O3S/c1-4-25-24(17-20-6-5-7-21(27)16-20)26(29-18(2)28-25)31-12-14-32(15-13-31)36(34,35)23-10-8-22(9-11-23)30-19(3)33/h5-11,16H,4,12-15,17H2,1-3H3,(H,30,33). The topological polar surface area (TPSA) is 95.5 Å². The van der Waals surface area contributed by atoms with E-state index in [9.17, 15) is 17.6 Å². The highest BCUT2D eigenvalue weighted by atomic mass is 32.2. The van der Waals surface area contributed by atoms with E-state index in [1.807, 2.05) is 19.9 Å². The van der Waals surface area contributed by atoms with Gasteiger partial charge in [-0.3, -0.25) is 4.79 Å². The van der Waals surface area contributed by atoms with E-state index in [4.69, 9.17) is 4.98 Å². The molecule has 1 aliphatic heterocycles. The molecule has 1 aromatic heterocycles. The molecular weight excluding hydrogens is 481 g/mol. The number of nitrogens with one attached hydrogen (secondary N) is 1. The second-order valence-corrected chi connectivity index (χ2v) is 10.7. The first kappa shape index (κ1) is 25.7. The van der Waals surface area contributed by atoms with Crippen LogP contribution in [0.5, 0.6) is 0 Å². The monoisotopic (exact) mass is 511 g/mol. The smallest absolute Gasteiger partial charge is 0.243 e. The van der Waals surface area contributed by atoms with E-state index in [0.717, 1.165) is 22.6 Å². The van der Waals surface area contributed by atoms with Crippen molar-refractivity contribution in [3.63, 3.8) is 0 Å². The number of rotatable bonds is 7. The number of anilines is 2. The van der Waals surface area contributed by atoms with Crippen molar-refractivity contribution in [2.75, 3.05) is 36.4 Å². The molecule has 2 heterocycles. The van der Waals surface area contributed by atoms with Crippen LogP contribution in [0.1, 0.15) is 36.5 Å². The summed E-state index contributed by atoms with van der Waals surface area (Å²) in [5, 5.41) is 2.64. The van der Waals surface area contributed by atoms with E-state index < -0.39 is 10.0 Å². The average molecular weight is 512 g/mol. The van der Waals surface area contributed by atoms with Crippen LogP contribution in [0.15, 0.2) is 53.4 Å². The third kappa shape index (κ3) is 5.71. The highest BCUT2D eigenvalue weighted by molar-refractivity contribution is 7.89. The van der Waals surface area contributed by atoms with Crippen LogP contribution in [0.4, 0.5) is 15.9 Å². The number of piperazine rings is 1. The molecule has 0 radical (unpaired) electrons. The number of aryl methyl sites for hydroxylation is 2. The Balaban J connectivity index is 1.54. The highest BCUT2D eigenvalue weighted by Crippen LogP contribution is 2.27. The Bertz CT molecular complexity index is 1350. The van der Waals surface area contributed by atoms with Crippen LogP contribution in [-0.2, 0) is 27.7 Å². The average Bonchev–Trinajstić information content (AvgIpc) is 2.85. The molecule has 0 atom stereocenters. The number of hydrogen-bond donors (Lipinski definition) is 1. The van der Waals surface area contributed by atoms with Crippen molar-refractivity contribution < 1.29 is 17.6 Å². The van der Waals surface area contributed by atoms with Gasteiger partial charge in [0.15, 0.2) is 0 Å². The molecule has 0 spiro atoms. The highest BCUT2D eigenvalue weighted by Gasteiger charge is 2.30. The van der Waals surface area contributed by atoms with Gasteiger partial charge in [0.1, 0.15) is 17.5 Å². The first-order valence-electron chi connectivity index (χ1n) is 11.9. The van der Waals surface area contributed by atoms with Gasteiger partial charge in [0.05, 0.1) is 4.90 Å². The van der Waals surface area contributed by atoms with Crippen LogP contribution in [-0.4, -0.2) is 54.8 Å². The van der Waals surface area contributed by atoms with Gasteiger partial charge in [-0.1, -0.05) is 19.1 Å². The minimum absolute atomic E-state index is 0.183. The number of benzene rings is 2. The van der Waals surface area contributed by atoms with Gasteiger partial charge < -0.3 is 10.2 Å². The van der Waals surface area contributed by atoms with Crippen molar-refractivity contribution in [2.45, 2.75) is 38.5 Å². The second kappa shape index (κ2) is 10.7. The van der Waals surface area contributed by atoms with Gasteiger partial charge in [-0.15, -0.1) is 0 Å². The zero-order valence-electron chi connectivity index (χ0n) is 20.7. The maximum absolute atomic E-state index is 13.8. The number of halogens is 1. The summed E-state index contributed by atoms with van der Waals surface area (Å²) in [5.74, 6) is 0.924. The van der Waals surface area contributed by atoms with Crippen molar-refractivity contribution in [3.8, 4) is 0 Å². The van der Waals surface area contributed by atoms with E-state index in [-0.39, 0.29) is 16.6 Å². The lowest BCUT2D eigenvalue weighted by Gasteiger charge is -2.36. The number of aromatic nitrogens is 2. The minimum atomic E-state index is -3.68. The summed E-state index contributed by atoms with van der Waals surface area (Å²) in [6, 6.07) is 12.7. The van der Waals surface area contributed by atoms with E-state index in [1.165, 1.54) is 35.5 Å². The van der Waals surface area contributed by atoms with Crippen LogP contribution in [0.25, 0.3) is 0 Å². The van der Waals surface area contributed by atoms with Gasteiger partial charge in [-0.2, -0.15) is 4.31 Å². The van der Waals surface area contributed by atoms with E-state index in [2.05, 4.69) is 15.2 Å². The van der Waals surface area contributed by atoms with Crippen molar-refractivity contribution >= 4 is 27.4 Å². The normalized spacial score (nSPS) is 14.6. The Hall–Kier alpha value is -3.37. The zero-order chi connectivity index (χ0) is 25.9. The lowest BCUT2D eigenvalue weighted by molar-refractivity contribution is -0.114. The molecule has 36 heavy (non-hydrogen) atoms. The van der Waals surface area contributed by atoms with Gasteiger partial charge in [-0.25, -0.2) is 22.8 Å². The minimum Gasteiger partial charge on any atom is -0.354 e. The molecule has 1 fully saturated rings. The van der Waals surface area contributed by atoms with Gasteiger partial charge in [0.25, 0.3) is 0 Å². The summed E-state index contributed by atoms with van der Waals surface area (Å²) < 4.78 is 41.7. The molecule has 0 bridgehead atoms. The lowest BCUT2D eigenvalue weighted by atomic mass is 10.0. The van der Waals surface area contributed by atoms with Crippen LogP contribution < -0.4 is 10.2 Å². The summed E-state index contributed by atoms with van der Waals surface area (Å²) in [6.45, 7) is 6.83. The van der Waals surface area contributed by atoms with Crippen molar-refractivity contribution in [3.05, 3.63) is 77.0 Å². The molecule has 0 aliphatic carbocycles. The Morgan fingerprint density at radius 3 is 2.36 bits per heavy atom. The number of hydrogen-bond acceptors (Lipinski definition) is 6. The fourth-order valence-corrected chi connectivity index (χ4v) is 5.85. The first-order chi connectivity index (χ1) is 17.2. The van der Waals surface area contributed by atoms with E-state index in [0.29, 0.717) is 50.5 Å². The summed E-state index contributed by atoms with van der Waals surface area (Å²) in [5.41, 5.74) is 3.24. The Kier molecular flexibility index (Phi) is 7.65. The van der Waals surface area contributed by atoms with Crippen molar-refractivity contribution in [1.82, 2.24) is 14.3 Å². The summed E-state index contributed by atoms with van der Waals surface area (Å²) in [7, 11) is -3.68. The van der Waals surface area contributed by atoms with Crippen LogP contribution >= 0.6 is 0 Å². The molecule has 0 saturated carbocycles. The van der Waals surface area contributed by atoms with E-state index in [1.54, 1.807) is 18.2 Å². The molecule has 0 unspecified atom stereocenters. The zero-order valence-corrected chi connectivity index (χ0v) is 21.5. The summed E-state index contributed by atoms with van der Waals surface area (Å²) in [4.78, 5) is 22.8. The number of carbonyl (C=O) groups is 1. The van der Waals surface area contributed by atoms with Gasteiger partial charge in [-0.05, 0) is 55.3 Å². The molecule has 2 aromatic carbocycles. The summed E-state index contributed by atoms with van der Waals surface area (Å²) >= 11 is 0. The maximum Gasteiger partial charge on any atom is 0.243 e. The first-order valence-corrected chi connectivity index (χ1v) is 13.3. The second-order valence-electron chi connectivity index (χ2n) is 8.78. The molecule has 1 amide bonds. The SMILES string of the molecule is CCc1nc(C)nc(N2CCN(S(=O)(=O)c3ccc(NC(C)=O)cc3)CC2)c1Cc1cccc(F)c1. The van der Waals surface area contributed by atoms with Gasteiger partial charge in [0.2, 0.25) is 15.9 Å². The van der Waals surface area contributed by atoms with E-state index >= 15 is 0 Å². The van der Waals surface area contributed by atoms with Gasteiger partial charge in [0, 0.05) is 56.5 Å². The lowest BCUT2D eigenvalue weighted by Crippen LogP contribution is -2.49. The molecule has 1 aliphatic rings. The predicted molar refractivity (Wildman–Crippen MR) is 137 cm³/mol. The molecular formula is C26H30FN5O3S.